The van der Waals surface area contributed by atoms with Crippen LogP contribution in [0.25, 0.3) is 22.0 Å². The van der Waals surface area contributed by atoms with Crippen molar-refractivity contribution in [2.24, 2.45) is 0 Å². The number of carbonyl (C=O) groups is 1. The summed E-state index contributed by atoms with van der Waals surface area (Å²) in [6.07, 6.45) is 4.87. The maximum Gasteiger partial charge on any atom is 0.410 e. The number of nitrogens with zero attached hydrogens (tertiary/aromatic N) is 4. The number of hydrogen-bond acceptors (Lipinski definition) is 8. The zero-order valence-corrected chi connectivity index (χ0v) is 22.8. The molecule has 3 N–H and O–H groups in total. The highest BCUT2D eigenvalue weighted by molar-refractivity contribution is 5.97. The van der Waals surface area contributed by atoms with Crippen molar-refractivity contribution in [2.45, 2.75) is 52.2 Å². The van der Waals surface area contributed by atoms with Gasteiger partial charge in [0.1, 0.15) is 11.4 Å². The molecule has 1 saturated heterocycles. The highest BCUT2D eigenvalue weighted by Gasteiger charge is 2.28. The molecule has 1 aliphatic rings. The Labute approximate surface area is 228 Å². The third-order valence-corrected chi connectivity index (χ3v) is 6.55. The van der Waals surface area contributed by atoms with Crippen LogP contribution in [0.3, 0.4) is 0 Å². The van der Waals surface area contributed by atoms with Crippen LogP contribution in [0.5, 0.6) is 11.6 Å². The van der Waals surface area contributed by atoms with Gasteiger partial charge < -0.3 is 25.4 Å². The lowest BCUT2D eigenvalue weighted by Gasteiger charge is -2.34. The van der Waals surface area contributed by atoms with E-state index in [0.717, 1.165) is 34.7 Å². The Hall–Kier alpha value is -4.40. The van der Waals surface area contributed by atoms with Crippen molar-refractivity contribution in [3.8, 4) is 22.9 Å². The second-order valence-electron chi connectivity index (χ2n) is 10.8. The molecule has 0 spiro atoms. The maximum atomic E-state index is 12.6. The number of anilines is 2. The first kappa shape index (κ1) is 26.2. The van der Waals surface area contributed by atoms with Crippen LogP contribution in [0.4, 0.5) is 16.4 Å². The SMILES string of the molecule is Cc1ccc2c(N)cccc2c1Oc1ncccc1-c1ccnc(N[C@H]2CCCN(C(=O)OC(C)(C)C)C2)n1. The molecule has 0 aliphatic carbocycles. The smallest absolute Gasteiger partial charge is 0.410 e. The van der Waals surface area contributed by atoms with Gasteiger partial charge in [-0.2, -0.15) is 0 Å². The summed E-state index contributed by atoms with van der Waals surface area (Å²) in [7, 11) is 0. The number of nitrogen functional groups attached to an aromatic ring is 1. The Bertz CT molecular complexity index is 1500. The molecule has 0 saturated carbocycles. The van der Waals surface area contributed by atoms with Crippen LogP contribution in [0.1, 0.15) is 39.2 Å². The van der Waals surface area contributed by atoms with Crippen LogP contribution in [0, 0.1) is 6.92 Å². The molecule has 9 heteroatoms. The molecule has 0 bridgehead atoms. The van der Waals surface area contributed by atoms with E-state index in [-0.39, 0.29) is 12.1 Å². The van der Waals surface area contributed by atoms with Crippen LogP contribution in [-0.4, -0.2) is 50.7 Å². The van der Waals surface area contributed by atoms with Gasteiger partial charge in [0.15, 0.2) is 0 Å². The quantitative estimate of drug-likeness (QED) is 0.296. The summed E-state index contributed by atoms with van der Waals surface area (Å²) in [6.45, 7) is 8.81. The highest BCUT2D eigenvalue weighted by Crippen LogP contribution is 2.38. The summed E-state index contributed by atoms with van der Waals surface area (Å²) in [4.78, 5) is 28.1. The Morgan fingerprint density at radius 2 is 1.90 bits per heavy atom. The normalized spacial score (nSPS) is 15.7. The average molecular weight is 527 g/mol. The Balaban J connectivity index is 1.38. The third kappa shape index (κ3) is 6.03. The topological polar surface area (TPSA) is 115 Å². The maximum absolute atomic E-state index is 12.6. The summed E-state index contributed by atoms with van der Waals surface area (Å²) >= 11 is 0. The summed E-state index contributed by atoms with van der Waals surface area (Å²) in [5, 5.41) is 5.25. The van der Waals surface area contributed by atoms with Crippen LogP contribution in [-0.2, 0) is 4.74 Å². The highest BCUT2D eigenvalue weighted by atomic mass is 16.6. The monoisotopic (exact) mass is 526 g/mol. The van der Waals surface area contributed by atoms with Crippen molar-refractivity contribution < 1.29 is 14.3 Å². The number of aromatic nitrogens is 3. The molecule has 5 rings (SSSR count). The molecule has 2 aromatic heterocycles. The van der Waals surface area contributed by atoms with E-state index in [1.165, 1.54) is 0 Å². The van der Waals surface area contributed by atoms with Gasteiger partial charge in [-0.3, -0.25) is 0 Å². The number of pyridine rings is 1. The van der Waals surface area contributed by atoms with Crippen molar-refractivity contribution >= 4 is 28.5 Å². The molecule has 1 atom stereocenters. The zero-order valence-electron chi connectivity index (χ0n) is 22.8. The van der Waals surface area contributed by atoms with E-state index in [4.69, 9.17) is 20.2 Å². The van der Waals surface area contributed by atoms with Gasteiger partial charge in [-0.1, -0.05) is 24.3 Å². The first-order valence-electron chi connectivity index (χ1n) is 13.2. The van der Waals surface area contributed by atoms with E-state index >= 15 is 0 Å². The van der Waals surface area contributed by atoms with Gasteiger partial charge in [0, 0.05) is 48.0 Å². The second-order valence-corrected chi connectivity index (χ2v) is 10.8. The van der Waals surface area contributed by atoms with E-state index < -0.39 is 5.60 Å². The fourth-order valence-corrected chi connectivity index (χ4v) is 4.71. The zero-order chi connectivity index (χ0) is 27.6. The third-order valence-electron chi connectivity index (χ3n) is 6.55. The molecule has 2 aromatic carbocycles. The van der Waals surface area contributed by atoms with Crippen molar-refractivity contribution in [1.29, 1.82) is 0 Å². The number of aryl methyl sites for hydroxylation is 1. The Morgan fingerprint density at radius 3 is 2.72 bits per heavy atom. The van der Waals surface area contributed by atoms with Crippen molar-refractivity contribution in [3.05, 3.63) is 66.5 Å². The minimum absolute atomic E-state index is 0.00919. The number of rotatable bonds is 5. The van der Waals surface area contributed by atoms with Gasteiger partial charge in [-0.25, -0.2) is 19.7 Å². The number of piperidine rings is 1. The van der Waals surface area contributed by atoms with Crippen LogP contribution >= 0.6 is 0 Å². The fraction of sp³-hybridized carbons (Fsp3) is 0.333. The summed E-state index contributed by atoms with van der Waals surface area (Å²) < 4.78 is 12.0. The van der Waals surface area contributed by atoms with Crippen molar-refractivity contribution in [3.63, 3.8) is 0 Å². The van der Waals surface area contributed by atoms with Crippen LogP contribution in [0.15, 0.2) is 60.9 Å². The number of nitrogens with two attached hydrogens (primary N) is 1. The van der Waals surface area contributed by atoms with Gasteiger partial charge in [-0.05, 0) is 70.4 Å². The van der Waals surface area contributed by atoms with E-state index in [9.17, 15) is 4.79 Å². The van der Waals surface area contributed by atoms with Gasteiger partial charge in [-0.15, -0.1) is 0 Å². The minimum atomic E-state index is -0.532. The molecule has 202 valence electrons. The molecule has 39 heavy (non-hydrogen) atoms. The Morgan fingerprint density at radius 1 is 1.05 bits per heavy atom. The molecule has 4 aromatic rings. The molecule has 1 aliphatic heterocycles. The number of ether oxygens (including phenoxy) is 2. The number of amides is 1. The molecular formula is C30H34N6O3. The standard InChI is InChI=1S/C30H34N6O3/c1-19-12-13-21-22(9-5-11-24(21)31)26(19)38-27-23(10-6-15-32-27)25-14-16-33-28(35-25)34-20-8-7-17-36(18-20)29(37)39-30(2,3)4/h5-6,9-16,20H,7-8,17-18,31H2,1-4H3,(H,33,34,35)/t20-/m0/s1. The van der Waals surface area contributed by atoms with E-state index in [1.54, 1.807) is 17.3 Å². The van der Waals surface area contributed by atoms with Gasteiger partial charge >= 0.3 is 6.09 Å². The number of carbonyl (C=O) groups excluding carboxylic acids is 1. The number of nitrogens with one attached hydrogen (secondary N) is 1. The number of benzene rings is 2. The molecule has 9 nitrogen and oxygen atoms in total. The van der Waals surface area contributed by atoms with Crippen molar-refractivity contribution in [1.82, 2.24) is 19.9 Å². The summed E-state index contributed by atoms with van der Waals surface area (Å²) in [6, 6.07) is 15.4. The molecule has 1 fully saturated rings. The van der Waals surface area contributed by atoms with E-state index in [0.29, 0.717) is 42.0 Å². The van der Waals surface area contributed by atoms with Crippen LogP contribution in [0.2, 0.25) is 0 Å². The van der Waals surface area contributed by atoms with Gasteiger partial charge in [0.05, 0.1) is 11.3 Å². The van der Waals surface area contributed by atoms with Gasteiger partial charge in [0.2, 0.25) is 11.8 Å². The lowest BCUT2D eigenvalue weighted by Crippen LogP contribution is -2.47. The lowest BCUT2D eigenvalue weighted by molar-refractivity contribution is 0.0206. The average Bonchev–Trinajstić information content (AvgIpc) is 2.90. The van der Waals surface area contributed by atoms with E-state index in [2.05, 4.69) is 15.3 Å². The minimum Gasteiger partial charge on any atom is -0.444 e. The van der Waals surface area contributed by atoms with E-state index in [1.807, 2.05) is 76.2 Å². The second kappa shape index (κ2) is 10.8. The van der Waals surface area contributed by atoms with Gasteiger partial charge in [0.25, 0.3) is 0 Å². The predicted molar refractivity (Wildman–Crippen MR) is 153 cm³/mol. The Kier molecular flexibility index (Phi) is 7.24. The fourth-order valence-electron chi connectivity index (χ4n) is 4.71. The number of hydrogen-bond donors (Lipinski definition) is 2. The lowest BCUT2D eigenvalue weighted by atomic mass is 10.0. The first-order valence-corrected chi connectivity index (χ1v) is 13.2. The number of fused-ring (bicyclic) bond motifs is 1. The first-order chi connectivity index (χ1) is 18.7. The summed E-state index contributed by atoms with van der Waals surface area (Å²) in [5.41, 5.74) is 8.76. The molecular weight excluding hydrogens is 492 g/mol. The molecule has 3 heterocycles. The number of likely N-dealkylation sites (tertiary alicyclic amines) is 1. The molecule has 0 radical (unpaired) electrons. The largest absolute Gasteiger partial charge is 0.444 e. The predicted octanol–water partition coefficient (Wildman–Crippen LogP) is 6.19. The van der Waals surface area contributed by atoms with Crippen LogP contribution < -0.4 is 15.8 Å². The van der Waals surface area contributed by atoms with Crippen molar-refractivity contribution in [2.75, 3.05) is 24.1 Å². The molecule has 0 unspecified atom stereocenters. The summed E-state index contributed by atoms with van der Waals surface area (Å²) in [5.74, 6) is 1.62. The molecule has 1 amide bonds.